The van der Waals surface area contributed by atoms with Crippen LogP contribution in [0.3, 0.4) is 0 Å². The minimum atomic E-state index is -0.241. The van der Waals surface area contributed by atoms with E-state index >= 15 is 0 Å². The number of nitrogens with two attached hydrogens (primary N) is 1. The Morgan fingerprint density at radius 2 is 2.22 bits per heavy atom. The average molecular weight is 267 g/mol. The molecule has 18 heavy (non-hydrogen) atoms. The van der Waals surface area contributed by atoms with Crippen LogP contribution in [0.4, 0.5) is 4.39 Å². The van der Waals surface area contributed by atoms with E-state index < -0.39 is 0 Å². The molecule has 2 nitrogen and oxygen atoms in total. The lowest BCUT2D eigenvalue weighted by Crippen LogP contribution is -2.51. The SMILES string of the molecule is CSC1(C2C[C@H](N)c3cc(F)ccc3O2)CCC1. The van der Waals surface area contributed by atoms with Crippen molar-refractivity contribution in [2.24, 2.45) is 5.73 Å². The molecule has 1 aliphatic heterocycles. The number of halogens is 1. The molecule has 1 saturated carbocycles. The highest BCUT2D eigenvalue weighted by Crippen LogP contribution is 2.50. The summed E-state index contributed by atoms with van der Waals surface area (Å²) < 4.78 is 19.5. The molecule has 1 aromatic rings. The summed E-state index contributed by atoms with van der Waals surface area (Å²) in [4.78, 5) is 0. The molecule has 0 aromatic heterocycles. The Balaban J connectivity index is 1.89. The highest BCUT2D eigenvalue weighted by Gasteiger charge is 2.47. The number of fused-ring (bicyclic) bond motifs is 1. The van der Waals surface area contributed by atoms with Crippen molar-refractivity contribution in [3.05, 3.63) is 29.6 Å². The van der Waals surface area contributed by atoms with Crippen molar-refractivity contribution in [1.82, 2.24) is 0 Å². The van der Waals surface area contributed by atoms with Crippen LogP contribution in [0.15, 0.2) is 18.2 Å². The Kier molecular flexibility index (Phi) is 3.02. The fourth-order valence-corrected chi connectivity index (χ4v) is 4.08. The first-order chi connectivity index (χ1) is 8.64. The Hall–Kier alpha value is -0.740. The van der Waals surface area contributed by atoms with Crippen LogP contribution in [0.2, 0.25) is 0 Å². The standard InChI is InChI=1S/C14H18FNOS/c1-18-14(5-2-6-14)13-8-11(16)10-7-9(15)3-4-12(10)17-13/h3-4,7,11,13H,2,5-6,8,16H2,1H3/t11-,13?/m0/s1. The first-order valence-electron chi connectivity index (χ1n) is 6.41. The van der Waals surface area contributed by atoms with Crippen LogP contribution < -0.4 is 10.5 Å². The predicted molar refractivity (Wildman–Crippen MR) is 72.5 cm³/mol. The second kappa shape index (κ2) is 4.42. The van der Waals surface area contributed by atoms with Gasteiger partial charge in [-0.25, -0.2) is 4.39 Å². The Morgan fingerprint density at radius 1 is 1.44 bits per heavy atom. The van der Waals surface area contributed by atoms with E-state index in [0.29, 0.717) is 0 Å². The lowest BCUT2D eigenvalue weighted by atomic mass is 9.76. The Bertz CT molecular complexity index is 456. The van der Waals surface area contributed by atoms with Gasteiger partial charge in [0.2, 0.25) is 0 Å². The molecule has 1 aliphatic carbocycles. The zero-order valence-electron chi connectivity index (χ0n) is 10.5. The molecule has 1 heterocycles. The van der Waals surface area contributed by atoms with E-state index in [1.807, 2.05) is 11.8 Å². The van der Waals surface area contributed by atoms with Crippen LogP contribution >= 0.6 is 11.8 Å². The van der Waals surface area contributed by atoms with Crippen molar-refractivity contribution >= 4 is 11.8 Å². The lowest BCUT2D eigenvalue weighted by molar-refractivity contribution is 0.0808. The normalized spacial score (nSPS) is 29.1. The second-order valence-electron chi connectivity index (χ2n) is 5.25. The van der Waals surface area contributed by atoms with E-state index in [-0.39, 0.29) is 22.7 Å². The highest BCUT2D eigenvalue weighted by molar-refractivity contribution is 8.00. The summed E-state index contributed by atoms with van der Waals surface area (Å²) in [6, 6.07) is 4.55. The number of rotatable bonds is 2. The van der Waals surface area contributed by atoms with Crippen molar-refractivity contribution in [2.75, 3.05) is 6.26 Å². The van der Waals surface area contributed by atoms with E-state index in [1.165, 1.54) is 31.4 Å². The summed E-state index contributed by atoms with van der Waals surface area (Å²) in [5.74, 6) is 0.523. The van der Waals surface area contributed by atoms with Crippen molar-refractivity contribution in [3.63, 3.8) is 0 Å². The number of benzene rings is 1. The number of hydrogen-bond donors (Lipinski definition) is 1. The molecular weight excluding hydrogens is 249 g/mol. The van der Waals surface area contributed by atoms with Crippen molar-refractivity contribution < 1.29 is 9.13 Å². The largest absolute Gasteiger partial charge is 0.489 e. The molecular formula is C14H18FNOS. The van der Waals surface area contributed by atoms with Crippen LogP contribution in [0.1, 0.15) is 37.3 Å². The fourth-order valence-electron chi connectivity index (χ4n) is 2.98. The van der Waals surface area contributed by atoms with E-state index in [4.69, 9.17) is 10.5 Å². The molecule has 2 aliphatic rings. The smallest absolute Gasteiger partial charge is 0.124 e. The van der Waals surface area contributed by atoms with Crippen LogP contribution in [-0.4, -0.2) is 17.1 Å². The third-order valence-electron chi connectivity index (χ3n) is 4.30. The van der Waals surface area contributed by atoms with Gasteiger partial charge in [-0.2, -0.15) is 11.8 Å². The molecule has 0 bridgehead atoms. The third-order valence-corrected chi connectivity index (χ3v) is 5.79. The van der Waals surface area contributed by atoms with E-state index in [0.717, 1.165) is 17.7 Å². The quantitative estimate of drug-likeness (QED) is 0.893. The minimum Gasteiger partial charge on any atom is -0.489 e. The molecule has 1 unspecified atom stereocenters. The minimum absolute atomic E-state index is 0.112. The van der Waals surface area contributed by atoms with Gasteiger partial charge in [-0.3, -0.25) is 0 Å². The molecule has 98 valence electrons. The van der Waals surface area contributed by atoms with Gasteiger partial charge in [-0.05, 0) is 37.3 Å². The van der Waals surface area contributed by atoms with E-state index in [2.05, 4.69) is 6.26 Å². The molecule has 1 fully saturated rings. The fraction of sp³-hybridized carbons (Fsp3) is 0.571. The van der Waals surface area contributed by atoms with Crippen LogP contribution in [0, 0.1) is 5.82 Å². The van der Waals surface area contributed by atoms with Gasteiger partial charge in [0.05, 0.1) is 4.75 Å². The van der Waals surface area contributed by atoms with Gasteiger partial charge in [0.15, 0.2) is 0 Å². The molecule has 2 atom stereocenters. The molecule has 0 radical (unpaired) electrons. The van der Waals surface area contributed by atoms with Gasteiger partial charge in [-0.15, -0.1) is 0 Å². The molecule has 3 rings (SSSR count). The molecule has 0 amide bonds. The predicted octanol–water partition coefficient (Wildman–Crippen LogP) is 3.26. The molecule has 0 saturated heterocycles. The third kappa shape index (κ3) is 1.82. The van der Waals surface area contributed by atoms with Crippen molar-refractivity contribution in [2.45, 2.75) is 42.6 Å². The number of hydrogen-bond acceptors (Lipinski definition) is 3. The highest BCUT2D eigenvalue weighted by atomic mass is 32.2. The number of ether oxygens (including phenoxy) is 1. The summed E-state index contributed by atoms with van der Waals surface area (Å²) in [5.41, 5.74) is 6.99. The maximum atomic E-state index is 13.2. The summed E-state index contributed by atoms with van der Waals surface area (Å²) in [6.45, 7) is 0. The lowest BCUT2D eigenvalue weighted by Gasteiger charge is -2.48. The van der Waals surface area contributed by atoms with Crippen LogP contribution in [-0.2, 0) is 0 Å². The topological polar surface area (TPSA) is 35.2 Å². The van der Waals surface area contributed by atoms with Gasteiger partial charge in [-0.1, -0.05) is 6.42 Å². The summed E-state index contributed by atoms with van der Waals surface area (Å²) in [5, 5.41) is 0. The Labute approximate surface area is 111 Å². The summed E-state index contributed by atoms with van der Waals surface area (Å²) in [6.07, 6.45) is 6.76. The molecule has 4 heteroatoms. The zero-order chi connectivity index (χ0) is 12.8. The van der Waals surface area contributed by atoms with Crippen molar-refractivity contribution in [1.29, 1.82) is 0 Å². The summed E-state index contributed by atoms with van der Waals surface area (Å²) in [7, 11) is 0. The number of thioether (sulfide) groups is 1. The maximum absolute atomic E-state index is 13.2. The van der Waals surface area contributed by atoms with Gasteiger partial charge in [0, 0.05) is 18.0 Å². The second-order valence-corrected chi connectivity index (χ2v) is 6.47. The van der Waals surface area contributed by atoms with E-state index in [9.17, 15) is 4.39 Å². The van der Waals surface area contributed by atoms with Gasteiger partial charge in [0.1, 0.15) is 17.7 Å². The molecule has 0 spiro atoms. The molecule has 1 aromatic carbocycles. The monoisotopic (exact) mass is 267 g/mol. The van der Waals surface area contributed by atoms with E-state index in [1.54, 1.807) is 6.07 Å². The van der Waals surface area contributed by atoms with Gasteiger partial charge >= 0.3 is 0 Å². The summed E-state index contributed by atoms with van der Waals surface area (Å²) >= 11 is 1.89. The van der Waals surface area contributed by atoms with Gasteiger partial charge < -0.3 is 10.5 Å². The van der Waals surface area contributed by atoms with Crippen LogP contribution in [0.5, 0.6) is 5.75 Å². The van der Waals surface area contributed by atoms with Gasteiger partial charge in [0.25, 0.3) is 0 Å². The Morgan fingerprint density at radius 3 is 2.83 bits per heavy atom. The average Bonchev–Trinajstić information content (AvgIpc) is 2.29. The van der Waals surface area contributed by atoms with Crippen LogP contribution in [0.25, 0.3) is 0 Å². The zero-order valence-corrected chi connectivity index (χ0v) is 11.3. The first kappa shape index (κ1) is 12.3. The maximum Gasteiger partial charge on any atom is 0.124 e. The first-order valence-corrected chi connectivity index (χ1v) is 7.64. The molecule has 2 N–H and O–H groups in total. The van der Waals surface area contributed by atoms with Crippen molar-refractivity contribution in [3.8, 4) is 5.75 Å².